The summed E-state index contributed by atoms with van der Waals surface area (Å²) < 4.78 is 5.42. The van der Waals surface area contributed by atoms with Gasteiger partial charge in [0.25, 0.3) is 0 Å². The second kappa shape index (κ2) is 9.22. The molecule has 0 aliphatic carbocycles. The highest BCUT2D eigenvalue weighted by molar-refractivity contribution is 5.79. The Hall–Kier alpha value is -2.67. The molecule has 0 radical (unpaired) electrons. The predicted molar refractivity (Wildman–Crippen MR) is 113 cm³/mol. The highest BCUT2D eigenvalue weighted by Crippen LogP contribution is 2.23. The number of benzene rings is 1. The summed E-state index contributed by atoms with van der Waals surface area (Å²) in [6.45, 7) is 5.64. The standard InChI is InChI=1S/C22H29N5O2/c1-25(16-18-5-7-20(8-6-18)26-12-14-29-15-13-26)21(28)19-4-2-11-27(17-19)22-23-9-3-10-24-22/h3,5-10,19H,2,4,11-17H2,1H3. The largest absolute Gasteiger partial charge is 0.378 e. The Morgan fingerprint density at radius 2 is 1.83 bits per heavy atom. The highest BCUT2D eigenvalue weighted by atomic mass is 16.5. The van der Waals surface area contributed by atoms with Crippen molar-refractivity contribution in [2.75, 3.05) is 56.2 Å². The van der Waals surface area contributed by atoms with Crippen LogP contribution in [0.2, 0.25) is 0 Å². The lowest BCUT2D eigenvalue weighted by atomic mass is 9.96. The zero-order valence-corrected chi connectivity index (χ0v) is 17.0. The predicted octanol–water partition coefficient (Wildman–Crippen LogP) is 2.19. The number of carbonyl (C=O) groups excluding carboxylic acids is 1. The minimum Gasteiger partial charge on any atom is -0.378 e. The van der Waals surface area contributed by atoms with Gasteiger partial charge in [-0.25, -0.2) is 9.97 Å². The molecule has 0 bridgehead atoms. The fourth-order valence-corrected chi connectivity index (χ4v) is 4.11. The van der Waals surface area contributed by atoms with Crippen molar-refractivity contribution >= 4 is 17.5 Å². The third-order valence-corrected chi connectivity index (χ3v) is 5.71. The van der Waals surface area contributed by atoms with Crippen LogP contribution in [-0.4, -0.2) is 67.2 Å². The first-order valence-corrected chi connectivity index (χ1v) is 10.4. The molecule has 29 heavy (non-hydrogen) atoms. The van der Waals surface area contributed by atoms with Crippen LogP contribution in [0.15, 0.2) is 42.7 Å². The monoisotopic (exact) mass is 395 g/mol. The third kappa shape index (κ3) is 4.85. The van der Waals surface area contributed by atoms with Gasteiger partial charge in [0.1, 0.15) is 0 Å². The SMILES string of the molecule is CN(Cc1ccc(N2CCOCC2)cc1)C(=O)C1CCCN(c2ncccn2)C1. The molecule has 1 atom stereocenters. The lowest BCUT2D eigenvalue weighted by molar-refractivity contribution is -0.135. The van der Waals surface area contributed by atoms with Gasteiger partial charge in [0.2, 0.25) is 11.9 Å². The van der Waals surface area contributed by atoms with Gasteiger partial charge in [0.15, 0.2) is 0 Å². The average molecular weight is 396 g/mol. The maximum Gasteiger partial charge on any atom is 0.227 e. The van der Waals surface area contributed by atoms with Gasteiger partial charge >= 0.3 is 0 Å². The first kappa shape index (κ1) is 19.6. The number of anilines is 2. The van der Waals surface area contributed by atoms with Gasteiger partial charge in [-0.15, -0.1) is 0 Å². The number of ether oxygens (including phenoxy) is 1. The van der Waals surface area contributed by atoms with Crippen molar-refractivity contribution in [3.05, 3.63) is 48.3 Å². The van der Waals surface area contributed by atoms with Gasteiger partial charge in [-0.2, -0.15) is 0 Å². The molecule has 1 unspecified atom stereocenters. The Bertz CT molecular complexity index is 793. The van der Waals surface area contributed by atoms with E-state index in [0.29, 0.717) is 19.0 Å². The highest BCUT2D eigenvalue weighted by Gasteiger charge is 2.29. The van der Waals surface area contributed by atoms with Crippen molar-refractivity contribution in [3.8, 4) is 0 Å². The van der Waals surface area contributed by atoms with E-state index in [4.69, 9.17) is 4.74 Å². The summed E-state index contributed by atoms with van der Waals surface area (Å²) in [5.41, 5.74) is 2.37. The molecule has 2 fully saturated rings. The fourth-order valence-electron chi connectivity index (χ4n) is 4.11. The first-order chi connectivity index (χ1) is 14.2. The summed E-state index contributed by atoms with van der Waals surface area (Å²) in [4.78, 5) is 28.0. The van der Waals surface area contributed by atoms with Crippen LogP contribution in [0.25, 0.3) is 0 Å². The second-order valence-electron chi connectivity index (χ2n) is 7.79. The van der Waals surface area contributed by atoms with Crippen molar-refractivity contribution in [1.29, 1.82) is 0 Å². The smallest absolute Gasteiger partial charge is 0.227 e. The average Bonchev–Trinajstić information content (AvgIpc) is 2.80. The lowest BCUT2D eigenvalue weighted by Gasteiger charge is -2.34. The van der Waals surface area contributed by atoms with E-state index in [2.05, 4.69) is 44.0 Å². The summed E-state index contributed by atoms with van der Waals surface area (Å²) in [6.07, 6.45) is 5.40. The van der Waals surface area contributed by atoms with Crippen LogP contribution >= 0.6 is 0 Å². The molecular formula is C22H29N5O2. The van der Waals surface area contributed by atoms with Crippen LogP contribution in [0.4, 0.5) is 11.6 Å². The minimum atomic E-state index is -0.00909. The number of rotatable bonds is 5. The molecule has 2 aliphatic heterocycles. The van der Waals surface area contributed by atoms with Crippen molar-refractivity contribution < 1.29 is 9.53 Å². The van der Waals surface area contributed by atoms with Gasteiger partial charge in [-0.05, 0) is 36.6 Å². The molecule has 7 nitrogen and oxygen atoms in total. The van der Waals surface area contributed by atoms with Crippen LogP contribution in [-0.2, 0) is 16.1 Å². The number of morpholine rings is 1. The quantitative estimate of drug-likeness (QED) is 0.773. The van der Waals surface area contributed by atoms with E-state index in [0.717, 1.165) is 51.3 Å². The molecule has 154 valence electrons. The Balaban J connectivity index is 1.34. The number of hydrogen-bond acceptors (Lipinski definition) is 6. The molecule has 1 aromatic heterocycles. The second-order valence-corrected chi connectivity index (χ2v) is 7.79. The van der Waals surface area contributed by atoms with E-state index in [9.17, 15) is 4.79 Å². The number of hydrogen-bond donors (Lipinski definition) is 0. The Labute approximate surface area is 172 Å². The van der Waals surface area contributed by atoms with Gasteiger partial charge in [-0.1, -0.05) is 12.1 Å². The summed E-state index contributed by atoms with van der Waals surface area (Å²) in [5, 5.41) is 0. The van der Waals surface area contributed by atoms with Crippen molar-refractivity contribution in [2.45, 2.75) is 19.4 Å². The number of piperidine rings is 1. The van der Waals surface area contributed by atoms with E-state index in [1.54, 1.807) is 12.4 Å². The van der Waals surface area contributed by atoms with Crippen molar-refractivity contribution in [1.82, 2.24) is 14.9 Å². The maximum absolute atomic E-state index is 13.0. The lowest BCUT2D eigenvalue weighted by Crippen LogP contribution is -2.44. The molecule has 4 rings (SSSR count). The molecule has 7 heteroatoms. The number of nitrogens with zero attached hydrogens (tertiary/aromatic N) is 5. The number of carbonyl (C=O) groups is 1. The van der Waals surface area contributed by atoms with Gasteiger partial charge < -0.3 is 19.4 Å². The van der Waals surface area contributed by atoms with Crippen molar-refractivity contribution in [3.63, 3.8) is 0 Å². The summed E-state index contributed by atoms with van der Waals surface area (Å²) in [7, 11) is 1.90. The molecule has 0 spiro atoms. The Kier molecular flexibility index (Phi) is 6.24. The molecule has 0 saturated carbocycles. The molecule has 1 amide bonds. The van der Waals surface area contributed by atoms with Crippen LogP contribution in [0.3, 0.4) is 0 Å². The normalized spacial score (nSPS) is 19.8. The third-order valence-electron chi connectivity index (χ3n) is 5.71. The molecule has 2 saturated heterocycles. The maximum atomic E-state index is 13.0. The zero-order valence-electron chi connectivity index (χ0n) is 17.0. The molecule has 1 aromatic carbocycles. The number of amides is 1. The van der Waals surface area contributed by atoms with E-state index in [1.165, 1.54) is 5.69 Å². The molecule has 0 N–H and O–H groups in total. The summed E-state index contributed by atoms with van der Waals surface area (Å²) in [5.74, 6) is 0.902. The van der Waals surface area contributed by atoms with Gasteiger partial charge in [0, 0.05) is 57.9 Å². The number of aromatic nitrogens is 2. The first-order valence-electron chi connectivity index (χ1n) is 10.4. The van der Waals surface area contributed by atoms with Crippen LogP contribution in [0, 0.1) is 5.92 Å². The fraction of sp³-hybridized carbons (Fsp3) is 0.500. The van der Waals surface area contributed by atoms with Crippen LogP contribution < -0.4 is 9.80 Å². The summed E-state index contributed by atoms with van der Waals surface area (Å²) >= 11 is 0. The minimum absolute atomic E-state index is 0.00909. The van der Waals surface area contributed by atoms with Crippen LogP contribution in [0.5, 0.6) is 0 Å². The molecule has 2 aliphatic rings. The van der Waals surface area contributed by atoms with Gasteiger partial charge in [0.05, 0.1) is 19.1 Å². The van der Waals surface area contributed by atoms with Gasteiger partial charge in [-0.3, -0.25) is 4.79 Å². The van der Waals surface area contributed by atoms with E-state index in [-0.39, 0.29) is 11.8 Å². The van der Waals surface area contributed by atoms with E-state index in [1.807, 2.05) is 18.0 Å². The Morgan fingerprint density at radius 1 is 1.10 bits per heavy atom. The van der Waals surface area contributed by atoms with E-state index < -0.39 is 0 Å². The molecule has 2 aromatic rings. The molecule has 3 heterocycles. The van der Waals surface area contributed by atoms with E-state index >= 15 is 0 Å². The summed E-state index contributed by atoms with van der Waals surface area (Å²) in [6, 6.07) is 10.4. The topological polar surface area (TPSA) is 61.8 Å². The van der Waals surface area contributed by atoms with Crippen molar-refractivity contribution in [2.24, 2.45) is 5.92 Å². The molecular weight excluding hydrogens is 366 g/mol. The van der Waals surface area contributed by atoms with Crippen LogP contribution in [0.1, 0.15) is 18.4 Å². The zero-order chi connectivity index (χ0) is 20.1. The Morgan fingerprint density at radius 3 is 2.55 bits per heavy atom.